The molecular weight excluding hydrogens is 204 g/mol. The van der Waals surface area contributed by atoms with Crippen LogP contribution >= 0.6 is 0 Å². The molecule has 0 saturated carbocycles. The van der Waals surface area contributed by atoms with Crippen molar-refractivity contribution in [3.63, 3.8) is 0 Å². The van der Waals surface area contributed by atoms with Crippen molar-refractivity contribution in [3.05, 3.63) is 0 Å². The van der Waals surface area contributed by atoms with Gasteiger partial charge in [0.25, 0.3) is 0 Å². The SMILES string of the molecule is CCO[Si](C)(OCC)C(C)C(=O)[S-]. The summed E-state index contributed by atoms with van der Waals surface area (Å²) in [5.74, 6) is 0. The highest BCUT2D eigenvalue weighted by Gasteiger charge is 2.38. The minimum absolute atomic E-state index is 0.268. The molecule has 0 bridgehead atoms. The van der Waals surface area contributed by atoms with E-state index in [4.69, 9.17) is 8.85 Å². The number of rotatable bonds is 6. The predicted molar refractivity (Wildman–Crippen MR) is 56.7 cm³/mol. The zero-order valence-electron chi connectivity index (χ0n) is 8.62. The molecule has 1 unspecified atom stereocenters. The van der Waals surface area contributed by atoms with Gasteiger partial charge in [0.15, 0.2) is 0 Å². The normalized spacial score (nSPS) is 14.2. The lowest BCUT2D eigenvalue weighted by molar-refractivity contribution is -0.111. The average Bonchev–Trinajstić information content (AvgIpc) is 2.03. The predicted octanol–water partition coefficient (Wildman–Crippen LogP) is 1.59. The van der Waals surface area contributed by atoms with E-state index in [0.717, 1.165) is 0 Å². The lowest BCUT2D eigenvalue weighted by Crippen LogP contribution is -2.45. The molecule has 0 aliphatic heterocycles. The standard InChI is InChI=1S/C8H18O3SSi/c1-5-10-13(4,11-6-2)7(3)8(9)12/h7H,5-6H2,1-4H3,(H,9,12)/p-1. The average molecular weight is 221 g/mol. The van der Waals surface area contributed by atoms with Crippen LogP contribution < -0.4 is 0 Å². The summed E-state index contributed by atoms with van der Waals surface area (Å²) in [5, 5.41) is -0.268. The van der Waals surface area contributed by atoms with E-state index in [1.807, 2.05) is 20.4 Å². The van der Waals surface area contributed by atoms with Gasteiger partial charge in [0.2, 0.25) is 0 Å². The molecule has 0 saturated heterocycles. The minimum atomic E-state index is -2.37. The molecule has 0 aromatic carbocycles. The van der Waals surface area contributed by atoms with Crippen LogP contribution in [0.3, 0.4) is 0 Å². The second-order valence-electron chi connectivity index (χ2n) is 2.92. The largest absolute Gasteiger partial charge is 0.742 e. The smallest absolute Gasteiger partial charge is 0.343 e. The lowest BCUT2D eigenvalue weighted by Gasteiger charge is -2.32. The third-order valence-electron chi connectivity index (χ3n) is 2.00. The third kappa shape index (κ3) is 3.72. The Morgan fingerprint density at radius 3 is 2.00 bits per heavy atom. The topological polar surface area (TPSA) is 35.5 Å². The summed E-state index contributed by atoms with van der Waals surface area (Å²) in [5.41, 5.74) is -0.276. The third-order valence-corrected chi connectivity index (χ3v) is 6.12. The van der Waals surface area contributed by atoms with E-state index in [1.165, 1.54) is 0 Å². The van der Waals surface area contributed by atoms with Crippen molar-refractivity contribution < 1.29 is 13.6 Å². The van der Waals surface area contributed by atoms with Crippen molar-refractivity contribution in [2.24, 2.45) is 0 Å². The number of carbonyl (C=O) groups excluding carboxylic acids is 1. The van der Waals surface area contributed by atoms with E-state index < -0.39 is 8.56 Å². The first-order valence-electron chi connectivity index (χ1n) is 4.46. The molecule has 3 nitrogen and oxygen atoms in total. The summed E-state index contributed by atoms with van der Waals surface area (Å²) in [4.78, 5) is 11.0. The first-order chi connectivity index (χ1) is 5.98. The highest BCUT2D eigenvalue weighted by Crippen LogP contribution is 2.24. The maximum atomic E-state index is 11.0. The van der Waals surface area contributed by atoms with Gasteiger partial charge in [-0.2, -0.15) is 0 Å². The molecule has 5 heteroatoms. The van der Waals surface area contributed by atoms with Gasteiger partial charge in [-0.1, -0.05) is 6.92 Å². The molecule has 0 aliphatic rings. The zero-order chi connectivity index (χ0) is 10.5. The van der Waals surface area contributed by atoms with E-state index in [2.05, 4.69) is 12.6 Å². The Morgan fingerprint density at radius 2 is 1.77 bits per heavy atom. The van der Waals surface area contributed by atoms with Crippen LogP contribution in [0.5, 0.6) is 0 Å². The van der Waals surface area contributed by atoms with Crippen molar-refractivity contribution >= 4 is 26.3 Å². The van der Waals surface area contributed by atoms with Crippen molar-refractivity contribution in [2.45, 2.75) is 32.9 Å². The van der Waals surface area contributed by atoms with Crippen molar-refractivity contribution in [2.75, 3.05) is 13.2 Å². The van der Waals surface area contributed by atoms with Gasteiger partial charge in [-0.25, -0.2) is 0 Å². The second kappa shape index (κ2) is 5.69. The summed E-state index contributed by atoms with van der Waals surface area (Å²) >= 11 is 4.61. The number of carbonyl (C=O) groups is 1. The zero-order valence-corrected chi connectivity index (χ0v) is 10.4. The lowest BCUT2D eigenvalue weighted by atomic mass is 10.5. The van der Waals surface area contributed by atoms with Crippen LogP contribution in [-0.4, -0.2) is 26.9 Å². The Kier molecular flexibility index (Phi) is 5.71. The van der Waals surface area contributed by atoms with E-state index in [0.29, 0.717) is 13.2 Å². The van der Waals surface area contributed by atoms with Crippen molar-refractivity contribution in [1.82, 2.24) is 0 Å². The highest BCUT2D eigenvalue weighted by atomic mass is 32.1. The van der Waals surface area contributed by atoms with Crippen LogP contribution in [0.15, 0.2) is 0 Å². The highest BCUT2D eigenvalue weighted by molar-refractivity contribution is 7.77. The number of hydrogen-bond donors (Lipinski definition) is 0. The van der Waals surface area contributed by atoms with E-state index >= 15 is 0 Å². The Bertz CT molecular complexity index is 169. The molecule has 0 aliphatic carbocycles. The molecule has 0 fully saturated rings. The molecule has 0 amide bonds. The molecule has 0 radical (unpaired) electrons. The molecular formula is C8H17O3SSi-. The molecule has 1 atom stereocenters. The van der Waals surface area contributed by atoms with Crippen LogP contribution in [0.4, 0.5) is 0 Å². The Balaban J connectivity index is 4.45. The van der Waals surface area contributed by atoms with Gasteiger partial charge in [0.05, 0.1) is 0 Å². The van der Waals surface area contributed by atoms with Gasteiger partial charge in [-0.05, 0) is 20.4 Å². The fourth-order valence-electron chi connectivity index (χ4n) is 1.08. The molecule has 0 N–H and O–H groups in total. The van der Waals surface area contributed by atoms with Gasteiger partial charge in [0, 0.05) is 23.9 Å². The van der Waals surface area contributed by atoms with Gasteiger partial charge < -0.3 is 26.3 Å². The quantitative estimate of drug-likeness (QED) is 0.504. The van der Waals surface area contributed by atoms with Crippen LogP contribution in [0.25, 0.3) is 0 Å². The molecule has 0 heterocycles. The summed E-state index contributed by atoms with van der Waals surface area (Å²) in [6.45, 7) is 8.59. The summed E-state index contributed by atoms with van der Waals surface area (Å²) in [6.07, 6.45) is 0. The fourth-order valence-corrected chi connectivity index (χ4v) is 3.88. The summed E-state index contributed by atoms with van der Waals surface area (Å²) in [6, 6.07) is 0. The second-order valence-corrected chi connectivity index (χ2v) is 6.80. The van der Waals surface area contributed by atoms with Crippen LogP contribution in [0.1, 0.15) is 20.8 Å². The molecule has 78 valence electrons. The van der Waals surface area contributed by atoms with Gasteiger partial charge in [-0.15, -0.1) is 0 Å². The van der Waals surface area contributed by atoms with Gasteiger partial charge in [-0.3, -0.25) is 0 Å². The van der Waals surface area contributed by atoms with E-state index in [-0.39, 0.29) is 10.7 Å². The Hall–Kier alpha value is 0.0269. The Morgan fingerprint density at radius 1 is 1.38 bits per heavy atom. The van der Waals surface area contributed by atoms with Crippen LogP contribution in [-0.2, 0) is 26.3 Å². The summed E-state index contributed by atoms with van der Waals surface area (Å²) in [7, 11) is -2.37. The van der Waals surface area contributed by atoms with Crippen molar-refractivity contribution in [3.8, 4) is 0 Å². The van der Waals surface area contributed by atoms with Crippen molar-refractivity contribution in [1.29, 1.82) is 0 Å². The maximum Gasteiger partial charge on any atom is 0.343 e. The van der Waals surface area contributed by atoms with Crippen LogP contribution in [0.2, 0.25) is 12.1 Å². The summed E-state index contributed by atoms with van der Waals surface area (Å²) < 4.78 is 11.0. The monoisotopic (exact) mass is 221 g/mol. The van der Waals surface area contributed by atoms with E-state index in [1.54, 1.807) is 6.92 Å². The molecule has 0 aromatic rings. The molecule has 0 rings (SSSR count). The van der Waals surface area contributed by atoms with Crippen LogP contribution in [0, 0.1) is 0 Å². The maximum absolute atomic E-state index is 11.0. The van der Waals surface area contributed by atoms with Gasteiger partial charge >= 0.3 is 8.56 Å². The van der Waals surface area contributed by atoms with Gasteiger partial charge in [0.1, 0.15) is 0 Å². The fraction of sp³-hybridized carbons (Fsp3) is 0.875. The molecule has 0 aromatic heterocycles. The number of hydrogen-bond acceptors (Lipinski definition) is 4. The first-order valence-corrected chi connectivity index (χ1v) is 7.26. The first kappa shape index (κ1) is 13.0. The van der Waals surface area contributed by atoms with E-state index in [9.17, 15) is 4.79 Å². The Labute approximate surface area is 86.5 Å². The minimum Gasteiger partial charge on any atom is -0.742 e. The molecule has 0 spiro atoms. The molecule has 13 heavy (non-hydrogen) atoms.